The Kier molecular flexibility index (Phi) is 5.56. The fourth-order valence-electron chi connectivity index (χ4n) is 2.30. The number of anilines is 1. The number of nitrogens with one attached hydrogen (secondary N) is 1. The number of amides is 1. The summed E-state index contributed by atoms with van der Waals surface area (Å²) in [6.45, 7) is 6.24. The summed E-state index contributed by atoms with van der Waals surface area (Å²) in [5.74, 6) is 0.341. The number of aromatic nitrogens is 1. The van der Waals surface area contributed by atoms with Gasteiger partial charge in [0.2, 0.25) is 5.91 Å². The first-order valence-corrected chi connectivity index (χ1v) is 9.90. The van der Waals surface area contributed by atoms with E-state index in [0.29, 0.717) is 10.9 Å². The Morgan fingerprint density at radius 3 is 2.56 bits per heavy atom. The Morgan fingerprint density at radius 1 is 1.08 bits per heavy atom. The van der Waals surface area contributed by atoms with Gasteiger partial charge in [-0.15, -0.1) is 23.1 Å². The van der Waals surface area contributed by atoms with Gasteiger partial charge in [-0.2, -0.15) is 0 Å². The molecule has 3 rings (SSSR count). The van der Waals surface area contributed by atoms with Crippen LogP contribution in [-0.4, -0.2) is 16.6 Å². The minimum Gasteiger partial charge on any atom is -0.301 e. The van der Waals surface area contributed by atoms with Crippen molar-refractivity contribution < 1.29 is 4.79 Å². The third kappa shape index (κ3) is 4.71. The molecule has 0 unspecified atom stereocenters. The Morgan fingerprint density at radius 2 is 1.84 bits per heavy atom. The predicted molar refractivity (Wildman–Crippen MR) is 108 cm³/mol. The SMILES string of the molecule is Cc1ccc(SCC(=O)Nc2nc(-c3ccc(C)c(C)c3)cs2)cc1. The van der Waals surface area contributed by atoms with Crippen LogP contribution >= 0.6 is 23.1 Å². The third-order valence-electron chi connectivity index (χ3n) is 3.94. The average Bonchev–Trinajstić information content (AvgIpc) is 3.05. The third-order valence-corrected chi connectivity index (χ3v) is 5.71. The van der Waals surface area contributed by atoms with Crippen molar-refractivity contribution in [3.8, 4) is 11.3 Å². The maximum absolute atomic E-state index is 12.1. The number of carbonyl (C=O) groups excluding carboxylic acids is 1. The van der Waals surface area contributed by atoms with Crippen LogP contribution in [0.15, 0.2) is 52.7 Å². The summed E-state index contributed by atoms with van der Waals surface area (Å²) in [6, 6.07) is 14.5. The van der Waals surface area contributed by atoms with Crippen LogP contribution in [0.2, 0.25) is 0 Å². The van der Waals surface area contributed by atoms with Crippen molar-refractivity contribution in [3.63, 3.8) is 0 Å². The van der Waals surface area contributed by atoms with Gasteiger partial charge in [0.05, 0.1) is 11.4 Å². The molecule has 1 amide bonds. The maximum atomic E-state index is 12.1. The second-order valence-electron chi connectivity index (χ2n) is 5.99. The lowest BCUT2D eigenvalue weighted by Crippen LogP contribution is -2.13. The normalized spacial score (nSPS) is 10.7. The second kappa shape index (κ2) is 7.85. The molecule has 25 heavy (non-hydrogen) atoms. The van der Waals surface area contributed by atoms with Gasteiger partial charge in [0.15, 0.2) is 5.13 Å². The molecule has 0 aliphatic heterocycles. The van der Waals surface area contributed by atoms with Crippen molar-refractivity contribution in [2.24, 2.45) is 0 Å². The summed E-state index contributed by atoms with van der Waals surface area (Å²) in [5, 5.41) is 5.51. The van der Waals surface area contributed by atoms with E-state index < -0.39 is 0 Å². The van der Waals surface area contributed by atoms with Crippen LogP contribution < -0.4 is 5.32 Å². The average molecular weight is 369 g/mol. The predicted octanol–water partition coefficient (Wildman–Crippen LogP) is 5.47. The first-order chi connectivity index (χ1) is 12.0. The van der Waals surface area contributed by atoms with E-state index in [0.717, 1.165) is 16.2 Å². The van der Waals surface area contributed by atoms with Gasteiger partial charge in [-0.3, -0.25) is 4.79 Å². The van der Waals surface area contributed by atoms with Crippen molar-refractivity contribution in [2.45, 2.75) is 25.7 Å². The number of hydrogen-bond donors (Lipinski definition) is 1. The summed E-state index contributed by atoms with van der Waals surface area (Å²) in [7, 11) is 0. The molecule has 0 aliphatic carbocycles. The minimum atomic E-state index is -0.0356. The lowest BCUT2D eigenvalue weighted by atomic mass is 10.1. The molecule has 0 radical (unpaired) electrons. The highest BCUT2D eigenvalue weighted by Crippen LogP contribution is 2.27. The molecule has 0 spiro atoms. The van der Waals surface area contributed by atoms with E-state index >= 15 is 0 Å². The Bertz CT molecular complexity index is 885. The van der Waals surface area contributed by atoms with E-state index in [-0.39, 0.29) is 5.91 Å². The van der Waals surface area contributed by atoms with Crippen LogP contribution in [-0.2, 0) is 4.79 Å². The quantitative estimate of drug-likeness (QED) is 0.608. The first kappa shape index (κ1) is 17.7. The Labute approximate surface area is 156 Å². The fraction of sp³-hybridized carbons (Fsp3) is 0.200. The highest BCUT2D eigenvalue weighted by Gasteiger charge is 2.09. The van der Waals surface area contributed by atoms with Gasteiger partial charge >= 0.3 is 0 Å². The summed E-state index contributed by atoms with van der Waals surface area (Å²) in [5.41, 5.74) is 5.70. The Hall–Kier alpha value is -2.11. The molecule has 0 aliphatic rings. The van der Waals surface area contributed by atoms with Gasteiger partial charge in [-0.05, 0) is 50.1 Å². The van der Waals surface area contributed by atoms with E-state index in [1.807, 2.05) is 17.5 Å². The van der Waals surface area contributed by atoms with Gasteiger partial charge in [0, 0.05) is 15.8 Å². The minimum absolute atomic E-state index is 0.0356. The van der Waals surface area contributed by atoms with E-state index in [4.69, 9.17) is 0 Å². The lowest BCUT2D eigenvalue weighted by molar-refractivity contribution is -0.113. The number of thiazole rings is 1. The van der Waals surface area contributed by atoms with Crippen molar-refractivity contribution in [1.82, 2.24) is 4.98 Å². The van der Waals surface area contributed by atoms with E-state index in [9.17, 15) is 4.79 Å². The van der Waals surface area contributed by atoms with Crippen molar-refractivity contribution >= 4 is 34.1 Å². The van der Waals surface area contributed by atoms with E-state index in [1.165, 1.54) is 39.8 Å². The summed E-state index contributed by atoms with van der Waals surface area (Å²) < 4.78 is 0. The molecule has 2 aromatic carbocycles. The molecule has 0 saturated heterocycles. The molecule has 128 valence electrons. The number of carbonyl (C=O) groups is 1. The van der Waals surface area contributed by atoms with Crippen molar-refractivity contribution in [1.29, 1.82) is 0 Å². The van der Waals surface area contributed by atoms with Crippen LogP contribution in [0.3, 0.4) is 0 Å². The number of benzene rings is 2. The van der Waals surface area contributed by atoms with Gasteiger partial charge in [0.1, 0.15) is 0 Å². The molecule has 3 aromatic rings. The van der Waals surface area contributed by atoms with Crippen LogP contribution in [0, 0.1) is 20.8 Å². The van der Waals surface area contributed by atoms with Gasteiger partial charge in [-0.1, -0.05) is 29.8 Å². The number of rotatable bonds is 5. The highest BCUT2D eigenvalue weighted by molar-refractivity contribution is 8.00. The van der Waals surface area contributed by atoms with Gasteiger partial charge < -0.3 is 5.32 Å². The molecule has 1 aromatic heterocycles. The molecule has 0 saturated carbocycles. The zero-order valence-corrected chi connectivity index (χ0v) is 16.1. The molecule has 5 heteroatoms. The van der Waals surface area contributed by atoms with Crippen LogP contribution in [0.4, 0.5) is 5.13 Å². The molecular formula is C20H20N2OS2. The maximum Gasteiger partial charge on any atom is 0.236 e. The molecule has 3 nitrogen and oxygen atoms in total. The van der Waals surface area contributed by atoms with Crippen molar-refractivity contribution in [2.75, 3.05) is 11.1 Å². The van der Waals surface area contributed by atoms with Crippen LogP contribution in [0.25, 0.3) is 11.3 Å². The van der Waals surface area contributed by atoms with Crippen LogP contribution in [0.1, 0.15) is 16.7 Å². The van der Waals surface area contributed by atoms with Crippen LogP contribution in [0.5, 0.6) is 0 Å². The summed E-state index contributed by atoms with van der Waals surface area (Å²) >= 11 is 2.98. The molecule has 0 fully saturated rings. The highest BCUT2D eigenvalue weighted by atomic mass is 32.2. The van der Waals surface area contributed by atoms with Gasteiger partial charge in [0.25, 0.3) is 0 Å². The number of hydrogen-bond acceptors (Lipinski definition) is 4. The summed E-state index contributed by atoms with van der Waals surface area (Å²) in [4.78, 5) is 17.8. The molecular weight excluding hydrogens is 348 g/mol. The first-order valence-electron chi connectivity index (χ1n) is 8.04. The lowest BCUT2D eigenvalue weighted by Gasteiger charge is -2.03. The molecule has 0 bridgehead atoms. The number of thioether (sulfide) groups is 1. The fourth-order valence-corrected chi connectivity index (χ4v) is 3.74. The largest absolute Gasteiger partial charge is 0.301 e. The van der Waals surface area contributed by atoms with Gasteiger partial charge in [-0.25, -0.2) is 4.98 Å². The standard InChI is InChI=1S/C20H20N2OS2/c1-13-4-8-17(9-5-13)24-12-19(23)22-20-21-18(11-25-20)16-7-6-14(2)15(3)10-16/h4-11H,12H2,1-3H3,(H,21,22,23). The monoisotopic (exact) mass is 368 g/mol. The smallest absolute Gasteiger partial charge is 0.236 e. The number of aryl methyl sites for hydroxylation is 3. The van der Waals surface area contributed by atoms with Crippen molar-refractivity contribution in [3.05, 3.63) is 64.5 Å². The number of nitrogens with zero attached hydrogens (tertiary/aromatic N) is 1. The second-order valence-corrected chi connectivity index (χ2v) is 7.89. The molecule has 1 heterocycles. The zero-order chi connectivity index (χ0) is 17.8. The molecule has 1 N–H and O–H groups in total. The Balaban J connectivity index is 1.59. The molecule has 0 atom stereocenters. The van der Waals surface area contributed by atoms with E-state index in [2.05, 4.69) is 61.4 Å². The summed E-state index contributed by atoms with van der Waals surface area (Å²) in [6.07, 6.45) is 0. The topological polar surface area (TPSA) is 42.0 Å². The van der Waals surface area contributed by atoms with E-state index in [1.54, 1.807) is 0 Å². The zero-order valence-electron chi connectivity index (χ0n) is 14.5.